The first-order valence-corrected chi connectivity index (χ1v) is 9.86. The SMILES string of the molecule is Cc1ccc(NC(=O)Nc2nnc(N(CC(C)C)CC(C)C)s2)cc1Cl. The van der Waals surface area contributed by atoms with E-state index in [4.69, 9.17) is 11.6 Å². The Labute approximate surface area is 164 Å². The van der Waals surface area contributed by atoms with Crippen LogP contribution in [0.25, 0.3) is 0 Å². The fraction of sp³-hybridized carbons (Fsp3) is 0.500. The van der Waals surface area contributed by atoms with E-state index < -0.39 is 0 Å². The molecule has 2 N–H and O–H groups in total. The van der Waals surface area contributed by atoms with Gasteiger partial charge in [-0.1, -0.05) is 56.7 Å². The normalized spacial score (nSPS) is 11.1. The Morgan fingerprint density at radius 2 is 1.81 bits per heavy atom. The molecule has 0 atom stereocenters. The van der Waals surface area contributed by atoms with Crippen LogP contribution >= 0.6 is 22.9 Å². The maximum atomic E-state index is 12.2. The van der Waals surface area contributed by atoms with Crippen LogP contribution in [-0.2, 0) is 0 Å². The molecular weight excluding hydrogens is 370 g/mol. The second kappa shape index (κ2) is 9.19. The molecule has 6 nitrogen and oxygen atoms in total. The largest absolute Gasteiger partial charge is 0.346 e. The van der Waals surface area contributed by atoms with Crippen LogP contribution in [0.2, 0.25) is 5.02 Å². The molecule has 0 aliphatic heterocycles. The molecule has 0 saturated carbocycles. The maximum Gasteiger partial charge on any atom is 0.325 e. The van der Waals surface area contributed by atoms with Crippen molar-refractivity contribution in [2.24, 2.45) is 11.8 Å². The summed E-state index contributed by atoms with van der Waals surface area (Å²) in [7, 11) is 0. The van der Waals surface area contributed by atoms with Gasteiger partial charge in [-0.3, -0.25) is 5.32 Å². The number of carbonyl (C=O) groups is 1. The van der Waals surface area contributed by atoms with Crippen LogP contribution < -0.4 is 15.5 Å². The van der Waals surface area contributed by atoms with E-state index >= 15 is 0 Å². The lowest BCUT2D eigenvalue weighted by Crippen LogP contribution is -2.31. The number of amides is 2. The summed E-state index contributed by atoms with van der Waals surface area (Å²) >= 11 is 7.46. The van der Waals surface area contributed by atoms with Crippen molar-refractivity contribution in [3.8, 4) is 0 Å². The summed E-state index contributed by atoms with van der Waals surface area (Å²) in [5.74, 6) is 1.03. The average molecular weight is 396 g/mol. The molecule has 0 bridgehead atoms. The van der Waals surface area contributed by atoms with Crippen molar-refractivity contribution < 1.29 is 4.79 Å². The summed E-state index contributed by atoms with van der Waals surface area (Å²) in [5.41, 5.74) is 1.59. The summed E-state index contributed by atoms with van der Waals surface area (Å²) < 4.78 is 0. The fourth-order valence-electron chi connectivity index (χ4n) is 2.44. The molecule has 2 aromatic rings. The predicted molar refractivity (Wildman–Crippen MR) is 111 cm³/mol. The van der Waals surface area contributed by atoms with Gasteiger partial charge in [-0.15, -0.1) is 10.2 Å². The van der Waals surface area contributed by atoms with E-state index in [0.29, 0.717) is 27.7 Å². The fourth-order valence-corrected chi connectivity index (χ4v) is 3.37. The Morgan fingerprint density at radius 3 is 2.38 bits per heavy atom. The van der Waals surface area contributed by atoms with Crippen molar-refractivity contribution in [2.75, 3.05) is 28.6 Å². The van der Waals surface area contributed by atoms with Crippen molar-refractivity contribution in [3.05, 3.63) is 28.8 Å². The van der Waals surface area contributed by atoms with Crippen LogP contribution in [0.1, 0.15) is 33.3 Å². The molecule has 8 heteroatoms. The molecule has 0 fully saturated rings. The highest BCUT2D eigenvalue weighted by atomic mass is 35.5. The van der Waals surface area contributed by atoms with Crippen LogP contribution in [0, 0.1) is 18.8 Å². The van der Waals surface area contributed by atoms with E-state index in [1.54, 1.807) is 12.1 Å². The summed E-state index contributed by atoms with van der Waals surface area (Å²) in [4.78, 5) is 14.4. The molecular formula is C18H26ClN5OS. The minimum Gasteiger partial charge on any atom is -0.346 e. The second-order valence-electron chi connectivity index (χ2n) is 7.13. The Balaban J connectivity index is 2.01. The van der Waals surface area contributed by atoms with E-state index in [-0.39, 0.29) is 6.03 Å². The van der Waals surface area contributed by atoms with Gasteiger partial charge in [0.05, 0.1) is 0 Å². The Bertz CT molecular complexity index is 737. The maximum absolute atomic E-state index is 12.2. The van der Waals surface area contributed by atoms with Gasteiger partial charge in [0.15, 0.2) is 0 Å². The van der Waals surface area contributed by atoms with Crippen molar-refractivity contribution >= 4 is 44.9 Å². The summed E-state index contributed by atoms with van der Waals surface area (Å²) in [5, 5.41) is 15.7. The average Bonchev–Trinajstić information content (AvgIpc) is 2.97. The molecule has 142 valence electrons. The van der Waals surface area contributed by atoms with Gasteiger partial charge >= 0.3 is 6.03 Å². The second-order valence-corrected chi connectivity index (χ2v) is 8.49. The van der Waals surface area contributed by atoms with Gasteiger partial charge in [-0.25, -0.2) is 4.79 Å². The molecule has 0 aliphatic rings. The molecule has 0 unspecified atom stereocenters. The summed E-state index contributed by atoms with van der Waals surface area (Å²) in [6.45, 7) is 12.4. The molecule has 0 aliphatic carbocycles. The van der Waals surface area contributed by atoms with Crippen molar-refractivity contribution in [2.45, 2.75) is 34.6 Å². The van der Waals surface area contributed by atoms with Gasteiger partial charge in [0.1, 0.15) is 0 Å². The first-order chi connectivity index (χ1) is 12.2. The lowest BCUT2D eigenvalue weighted by Gasteiger charge is -2.25. The number of rotatable bonds is 7. The van der Waals surface area contributed by atoms with Gasteiger partial charge in [0.25, 0.3) is 0 Å². The number of aromatic nitrogens is 2. The highest BCUT2D eigenvalue weighted by Gasteiger charge is 2.16. The number of nitrogens with one attached hydrogen (secondary N) is 2. The van der Waals surface area contributed by atoms with E-state index in [0.717, 1.165) is 23.8 Å². The molecule has 0 saturated heterocycles. The molecule has 2 rings (SSSR count). The van der Waals surface area contributed by atoms with E-state index in [9.17, 15) is 4.79 Å². The topological polar surface area (TPSA) is 70.1 Å². The predicted octanol–water partition coefficient (Wildman–Crippen LogP) is 5.26. The zero-order valence-electron chi connectivity index (χ0n) is 15.8. The van der Waals surface area contributed by atoms with E-state index in [2.05, 4.69) is 53.4 Å². The Hall–Kier alpha value is -1.86. The smallest absolute Gasteiger partial charge is 0.325 e. The number of nitrogens with zero attached hydrogens (tertiary/aromatic N) is 3. The quantitative estimate of drug-likeness (QED) is 0.670. The Kier molecular flexibility index (Phi) is 7.23. The lowest BCUT2D eigenvalue weighted by atomic mass is 10.1. The third-order valence-electron chi connectivity index (χ3n) is 3.51. The van der Waals surface area contributed by atoms with Crippen LogP contribution in [0.4, 0.5) is 20.7 Å². The van der Waals surface area contributed by atoms with Gasteiger partial charge in [0.2, 0.25) is 10.3 Å². The summed E-state index contributed by atoms with van der Waals surface area (Å²) in [6.07, 6.45) is 0. The number of hydrogen-bond acceptors (Lipinski definition) is 5. The van der Waals surface area contributed by atoms with Crippen molar-refractivity contribution in [1.82, 2.24) is 10.2 Å². The summed E-state index contributed by atoms with van der Waals surface area (Å²) in [6, 6.07) is 5.01. The van der Waals surface area contributed by atoms with E-state index in [1.807, 2.05) is 13.0 Å². The molecule has 1 heterocycles. The van der Waals surface area contributed by atoms with Crippen LogP contribution in [0.5, 0.6) is 0 Å². The van der Waals surface area contributed by atoms with Gasteiger partial charge < -0.3 is 10.2 Å². The van der Waals surface area contributed by atoms with Crippen LogP contribution in [0.3, 0.4) is 0 Å². The van der Waals surface area contributed by atoms with Crippen molar-refractivity contribution in [1.29, 1.82) is 0 Å². The third-order valence-corrected chi connectivity index (χ3v) is 4.81. The Morgan fingerprint density at radius 1 is 1.15 bits per heavy atom. The minimum absolute atomic E-state index is 0.369. The lowest BCUT2D eigenvalue weighted by molar-refractivity contribution is 0.262. The van der Waals surface area contributed by atoms with E-state index in [1.165, 1.54) is 11.3 Å². The molecule has 1 aromatic heterocycles. The number of anilines is 3. The number of carbonyl (C=O) groups excluding carboxylic acids is 1. The van der Waals surface area contributed by atoms with Crippen LogP contribution in [0.15, 0.2) is 18.2 Å². The monoisotopic (exact) mass is 395 g/mol. The molecule has 1 aromatic carbocycles. The van der Waals surface area contributed by atoms with Gasteiger partial charge in [0, 0.05) is 23.8 Å². The zero-order chi connectivity index (χ0) is 19.3. The van der Waals surface area contributed by atoms with Crippen LogP contribution in [-0.4, -0.2) is 29.3 Å². The molecule has 0 spiro atoms. The number of hydrogen-bond donors (Lipinski definition) is 2. The molecule has 0 radical (unpaired) electrons. The highest BCUT2D eigenvalue weighted by molar-refractivity contribution is 7.19. The number of aryl methyl sites for hydroxylation is 1. The first-order valence-electron chi connectivity index (χ1n) is 8.67. The minimum atomic E-state index is -0.369. The molecule has 2 amide bonds. The standard InChI is InChI=1S/C18H26ClN5OS/c1-11(2)9-24(10-12(3)4)18-23-22-17(26-18)21-16(25)20-14-7-6-13(5)15(19)8-14/h6-8,11-12H,9-10H2,1-5H3,(H2,20,21,22,25). The van der Waals surface area contributed by atoms with Crippen molar-refractivity contribution in [3.63, 3.8) is 0 Å². The van der Waals surface area contributed by atoms with Gasteiger partial charge in [-0.05, 0) is 36.5 Å². The van der Waals surface area contributed by atoms with Gasteiger partial charge in [-0.2, -0.15) is 0 Å². The first kappa shape index (κ1) is 20.5. The number of benzene rings is 1. The third kappa shape index (κ3) is 6.14. The highest BCUT2D eigenvalue weighted by Crippen LogP contribution is 2.26. The zero-order valence-corrected chi connectivity index (χ0v) is 17.4. The number of urea groups is 1. The molecule has 26 heavy (non-hydrogen) atoms. The number of halogens is 1.